The van der Waals surface area contributed by atoms with Crippen LogP contribution in [0.25, 0.3) is 0 Å². The van der Waals surface area contributed by atoms with Gasteiger partial charge in [-0.15, -0.1) is 0 Å². The highest BCUT2D eigenvalue weighted by atomic mass is 16.1. The Morgan fingerprint density at radius 2 is 1.79 bits per heavy atom. The van der Waals surface area contributed by atoms with Gasteiger partial charge in [0.15, 0.2) is 0 Å². The fourth-order valence-electron chi connectivity index (χ4n) is 0.800. The Hall–Kier alpha value is -1.15. The molecule has 0 aliphatic heterocycles. The van der Waals surface area contributed by atoms with Crippen LogP contribution in [0.4, 0.5) is 0 Å². The molecule has 0 amide bonds. The molecule has 1 N–H and O–H groups in total. The second kappa shape index (κ2) is 8.45. The predicted molar refractivity (Wildman–Crippen MR) is 60.2 cm³/mol. The van der Waals surface area contributed by atoms with E-state index in [1.807, 2.05) is 32.2 Å². The predicted octanol–water partition coefficient (Wildman–Crippen LogP) is 2.39. The third-order valence-electron chi connectivity index (χ3n) is 1.72. The van der Waals surface area contributed by atoms with Crippen molar-refractivity contribution < 1.29 is 4.79 Å². The molecule has 0 aliphatic carbocycles. The molecule has 0 spiro atoms. The molecule has 0 aromatic heterocycles. The van der Waals surface area contributed by atoms with Gasteiger partial charge in [0, 0.05) is 13.0 Å². The number of nitrogens with one attached hydrogen (secondary N) is 1. The van der Waals surface area contributed by atoms with Crippen molar-refractivity contribution in [3.8, 4) is 0 Å². The van der Waals surface area contributed by atoms with Crippen molar-refractivity contribution in [1.82, 2.24) is 5.32 Å². The second-order valence-corrected chi connectivity index (χ2v) is 3.07. The first-order valence-electron chi connectivity index (χ1n) is 4.88. The van der Waals surface area contributed by atoms with E-state index in [-0.39, 0.29) is 5.78 Å². The molecular weight excluding hydrogens is 174 g/mol. The summed E-state index contributed by atoms with van der Waals surface area (Å²) in [5, 5.41) is 3.08. The lowest BCUT2D eigenvalue weighted by Gasteiger charge is -1.95. The van der Waals surface area contributed by atoms with Crippen LogP contribution in [-0.4, -0.2) is 12.8 Å². The minimum atomic E-state index is 0.255. The Morgan fingerprint density at radius 1 is 1.29 bits per heavy atom. The number of carbonyl (C=O) groups excluding carboxylic acids is 1. The molecule has 2 heteroatoms. The Kier molecular flexibility index (Phi) is 7.75. The number of hydrogen-bond donors (Lipinski definition) is 1. The summed E-state index contributed by atoms with van der Waals surface area (Å²) in [6, 6.07) is 10.3. The molecule has 2 nitrogen and oxygen atoms in total. The normalized spacial score (nSPS) is 8.79. The summed E-state index contributed by atoms with van der Waals surface area (Å²) in [4.78, 5) is 9.81. The average molecular weight is 193 g/mol. The number of benzene rings is 1. The van der Waals surface area contributed by atoms with E-state index in [2.05, 4.69) is 17.4 Å². The SMILES string of the molecule is CCC(C)=O.CNCc1ccccc1. The topological polar surface area (TPSA) is 29.1 Å². The third kappa shape index (κ3) is 7.50. The molecule has 0 saturated heterocycles. The smallest absolute Gasteiger partial charge is 0.129 e. The van der Waals surface area contributed by atoms with Crippen LogP contribution in [0.15, 0.2) is 30.3 Å². The monoisotopic (exact) mass is 193 g/mol. The summed E-state index contributed by atoms with van der Waals surface area (Å²) in [6.45, 7) is 4.39. The first-order chi connectivity index (χ1) is 6.70. The van der Waals surface area contributed by atoms with Crippen molar-refractivity contribution in [2.24, 2.45) is 0 Å². The molecule has 0 heterocycles. The summed E-state index contributed by atoms with van der Waals surface area (Å²) in [7, 11) is 1.95. The number of carbonyl (C=O) groups is 1. The molecule has 0 radical (unpaired) electrons. The second-order valence-electron chi connectivity index (χ2n) is 3.07. The molecule has 78 valence electrons. The van der Waals surface area contributed by atoms with Crippen LogP contribution >= 0.6 is 0 Å². The van der Waals surface area contributed by atoms with E-state index < -0.39 is 0 Å². The maximum Gasteiger partial charge on any atom is 0.129 e. The van der Waals surface area contributed by atoms with Gasteiger partial charge in [-0.25, -0.2) is 0 Å². The zero-order valence-corrected chi connectivity index (χ0v) is 9.21. The largest absolute Gasteiger partial charge is 0.316 e. The Morgan fingerprint density at radius 3 is 2.14 bits per heavy atom. The van der Waals surface area contributed by atoms with Gasteiger partial charge in [-0.3, -0.25) is 0 Å². The van der Waals surface area contributed by atoms with Crippen LogP contribution in [-0.2, 0) is 11.3 Å². The van der Waals surface area contributed by atoms with Gasteiger partial charge in [-0.1, -0.05) is 37.3 Å². The van der Waals surface area contributed by atoms with Crippen molar-refractivity contribution in [2.45, 2.75) is 26.8 Å². The summed E-state index contributed by atoms with van der Waals surface area (Å²) in [5.74, 6) is 0.255. The fourth-order valence-corrected chi connectivity index (χ4v) is 0.800. The van der Waals surface area contributed by atoms with Gasteiger partial charge in [-0.05, 0) is 19.5 Å². The lowest BCUT2D eigenvalue weighted by Crippen LogP contribution is -2.04. The van der Waals surface area contributed by atoms with Crippen molar-refractivity contribution >= 4 is 5.78 Å². The third-order valence-corrected chi connectivity index (χ3v) is 1.72. The van der Waals surface area contributed by atoms with Gasteiger partial charge in [0.05, 0.1) is 0 Å². The molecule has 0 fully saturated rings. The van der Waals surface area contributed by atoms with Crippen molar-refractivity contribution in [3.05, 3.63) is 35.9 Å². The standard InChI is InChI=1S/C8H11N.C4H8O/c1-9-7-8-5-3-2-4-6-8;1-3-4(2)5/h2-6,9H,7H2,1H3;3H2,1-2H3. The van der Waals surface area contributed by atoms with Gasteiger partial charge in [0.1, 0.15) is 5.78 Å². The summed E-state index contributed by atoms with van der Waals surface area (Å²) in [5.41, 5.74) is 1.33. The van der Waals surface area contributed by atoms with E-state index >= 15 is 0 Å². The minimum absolute atomic E-state index is 0.255. The highest BCUT2D eigenvalue weighted by Gasteiger charge is 1.83. The highest BCUT2D eigenvalue weighted by Crippen LogP contribution is 1.95. The summed E-state index contributed by atoms with van der Waals surface area (Å²) in [6.07, 6.45) is 0.667. The van der Waals surface area contributed by atoms with Crippen molar-refractivity contribution in [2.75, 3.05) is 7.05 Å². The Balaban J connectivity index is 0.000000292. The van der Waals surface area contributed by atoms with Crippen LogP contribution in [0, 0.1) is 0 Å². The van der Waals surface area contributed by atoms with Gasteiger partial charge in [0.25, 0.3) is 0 Å². The van der Waals surface area contributed by atoms with Crippen LogP contribution in [0.2, 0.25) is 0 Å². The molecule has 14 heavy (non-hydrogen) atoms. The van der Waals surface area contributed by atoms with Crippen molar-refractivity contribution in [3.63, 3.8) is 0 Å². The molecular formula is C12H19NO. The van der Waals surface area contributed by atoms with Gasteiger partial charge in [0.2, 0.25) is 0 Å². The highest BCUT2D eigenvalue weighted by molar-refractivity contribution is 5.74. The molecule has 1 rings (SSSR count). The number of rotatable bonds is 3. The average Bonchev–Trinajstić information content (AvgIpc) is 2.21. The van der Waals surface area contributed by atoms with Gasteiger partial charge >= 0.3 is 0 Å². The van der Waals surface area contributed by atoms with Crippen LogP contribution in [0.3, 0.4) is 0 Å². The first-order valence-corrected chi connectivity index (χ1v) is 4.88. The quantitative estimate of drug-likeness (QED) is 0.798. The molecule has 0 bridgehead atoms. The van der Waals surface area contributed by atoms with Crippen molar-refractivity contribution in [1.29, 1.82) is 0 Å². The number of Topliss-reactive ketones (excluding diaryl/α,β-unsaturated/α-hetero) is 1. The molecule has 0 saturated carbocycles. The molecule has 0 aliphatic rings. The zero-order chi connectivity index (χ0) is 10.8. The van der Waals surface area contributed by atoms with Crippen LogP contribution < -0.4 is 5.32 Å². The van der Waals surface area contributed by atoms with Gasteiger partial charge in [-0.2, -0.15) is 0 Å². The number of ketones is 1. The first kappa shape index (κ1) is 12.8. The van der Waals surface area contributed by atoms with E-state index in [1.165, 1.54) is 5.56 Å². The van der Waals surface area contributed by atoms with E-state index in [4.69, 9.17) is 0 Å². The Labute approximate surface area is 86.3 Å². The summed E-state index contributed by atoms with van der Waals surface area (Å²) >= 11 is 0. The molecule has 1 aromatic carbocycles. The zero-order valence-electron chi connectivity index (χ0n) is 9.21. The Bertz CT molecular complexity index is 244. The van der Waals surface area contributed by atoms with E-state index in [1.54, 1.807) is 6.92 Å². The lowest BCUT2D eigenvalue weighted by molar-refractivity contribution is -0.116. The maximum absolute atomic E-state index is 9.81. The van der Waals surface area contributed by atoms with Crippen LogP contribution in [0.1, 0.15) is 25.8 Å². The van der Waals surface area contributed by atoms with E-state index in [9.17, 15) is 4.79 Å². The molecule has 0 unspecified atom stereocenters. The minimum Gasteiger partial charge on any atom is -0.316 e. The lowest BCUT2D eigenvalue weighted by atomic mass is 10.2. The number of hydrogen-bond acceptors (Lipinski definition) is 2. The van der Waals surface area contributed by atoms with Gasteiger partial charge < -0.3 is 10.1 Å². The van der Waals surface area contributed by atoms with E-state index in [0.717, 1.165) is 6.54 Å². The van der Waals surface area contributed by atoms with E-state index in [0.29, 0.717) is 6.42 Å². The summed E-state index contributed by atoms with van der Waals surface area (Å²) < 4.78 is 0. The fraction of sp³-hybridized carbons (Fsp3) is 0.417. The molecule has 0 atom stereocenters. The van der Waals surface area contributed by atoms with Crippen LogP contribution in [0.5, 0.6) is 0 Å². The maximum atomic E-state index is 9.81. The molecule has 1 aromatic rings.